The van der Waals surface area contributed by atoms with Crippen molar-refractivity contribution >= 4 is 24.2 Å². The van der Waals surface area contributed by atoms with E-state index in [0.29, 0.717) is 5.75 Å². The molecule has 10 heteroatoms. The first-order chi connectivity index (χ1) is 10.3. The second-order valence-corrected chi connectivity index (χ2v) is 4.43. The van der Waals surface area contributed by atoms with E-state index in [9.17, 15) is 26.7 Å². The van der Waals surface area contributed by atoms with Crippen molar-refractivity contribution in [1.29, 1.82) is 0 Å². The van der Waals surface area contributed by atoms with Crippen LogP contribution in [-0.2, 0) is 16.2 Å². The summed E-state index contributed by atoms with van der Waals surface area (Å²) in [6, 6.07) is 0. The lowest BCUT2D eigenvalue weighted by molar-refractivity contribution is -0.114. The van der Waals surface area contributed by atoms with Gasteiger partial charge >= 0.3 is 0 Å². The molecule has 0 aromatic heterocycles. The molecule has 0 unspecified atom stereocenters. The van der Waals surface area contributed by atoms with Crippen LogP contribution in [-0.4, -0.2) is 23.9 Å². The molecule has 0 bridgehead atoms. The maximum Gasteiger partial charge on any atom is 0.268 e. The van der Waals surface area contributed by atoms with Gasteiger partial charge in [-0.25, -0.2) is 22.0 Å². The molecule has 1 N–H and O–H groups in total. The van der Waals surface area contributed by atoms with Gasteiger partial charge in [0.1, 0.15) is 12.3 Å². The highest BCUT2D eigenvalue weighted by molar-refractivity contribution is 7.80. The Balaban J connectivity index is 2.83. The fraction of sp³-hybridized carbons (Fsp3) is 0.333. The van der Waals surface area contributed by atoms with E-state index >= 15 is 0 Å². The molecular weight excluding hydrogens is 331 g/mol. The van der Waals surface area contributed by atoms with Gasteiger partial charge in [-0.15, -0.1) is 0 Å². The first kappa shape index (κ1) is 18.2. The van der Waals surface area contributed by atoms with Crippen molar-refractivity contribution in [2.24, 2.45) is 5.16 Å². The molecule has 0 radical (unpaired) electrons. The molecule has 0 fully saturated rings. The standard InChI is InChI=1S/C12H11F5N2O2S/c1-5(12(20)18-2-3-22)19-21-4-6-7(13)9(15)11(17)10(16)8(6)14/h22H,2-4H2,1H3,(H,18,20)/b19-5-. The van der Waals surface area contributed by atoms with Crippen LogP contribution in [0.5, 0.6) is 0 Å². The lowest BCUT2D eigenvalue weighted by Crippen LogP contribution is -2.31. The van der Waals surface area contributed by atoms with Crippen LogP contribution in [0.3, 0.4) is 0 Å². The molecule has 1 rings (SSSR count). The van der Waals surface area contributed by atoms with Gasteiger partial charge in [-0.3, -0.25) is 4.79 Å². The van der Waals surface area contributed by atoms with Crippen LogP contribution in [0.2, 0.25) is 0 Å². The van der Waals surface area contributed by atoms with Crippen LogP contribution in [0.1, 0.15) is 12.5 Å². The van der Waals surface area contributed by atoms with Crippen LogP contribution in [0, 0.1) is 29.1 Å². The van der Waals surface area contributed by atoms with Crippen molar-refractivity contribution in [3.05, 3.63) is 34.6 Å². The summed E-state index contributed by atoms with van der Waals surface area (Å²) in [7, 11) is 0. The van der Waals surface area contributed by atoms with E-state index in [-0.39, 0.29) is 12.3 Å². The van der Waals surface area contributed by atoms with Crippen molar-refractivity contribution < 1.29 is 31.6 Å². The minimum atomic E-state index is -2.26. The Bertz CT molecular complexity index is 581. The molecule has 22 heavy (non-hydrogen) atoms. The number of carbonyl (C=O) groups is 1. The number of nitrogens with zero attached hydrogens (tertiary/aromatic N) is 1. The average Bonchev–Trinajstić information content (AvgIpc) is 2.51. The summed E-state index contributed by atoms with van der Waals surface area (Å²) in [5.74, 6) is -10.7. The molecule has 0 spiro atoms. The van der Waals surface area contributed by atoms with E-state index in [1.165, 1.54) is 6.92 Å². The Morgan fingerprint density at radius 3 is 2.09 bits per heavy atom. The summed E-state index contributed by atoms with van der Waals surface area (Å²) in [6.07, 6.45) is 0. The summed E-state index contributed by atoms with van der Waals surface area (Å²) in [5, 5.41) is 5.63. The second-order valence-electron chi connectivity index (χ2n) is 3.98. The summed E-state index contributed by atoms with van der Waals surface area (Å²) in [4.78, 5) is 15.8. The van der Waals surface area contributed by atoms with E-state index in [4.69, 9.17) is 0 Å². The maximum atomic E-state index is 13.3. The number of oxime groups is 1. The minimum Gasteiger partial charge on any atom is -0.390 e. The summed E-state index contributed by atoms with van der Waals surface area (Å²) < 4.78 is 65.3. The third-order valence-corrected chi connectivity index (χ3v) is 2.66. The van der Waals surface area contributed by atoms with E-state index in [1.54, 1.807) is 0 Å². The maximum absolute atomic E-state index is 13.3. The number of nitrogens with one attached hydrogen (secondary N) is 1. The smallest absolute Gasteiger partial charge is 0.268 e. The summed E-state index contributed by atoms with van der Waals surface area (Å²) >= 11 is 3.86. The van der Waals surface area contributed by atoms with Gasteiger partial charge in [-0.1, -0.05) is 5.16 Å². The number of hydrogen-bond acceptors (Lipinski definition) is 4. The Morgan fingerprint density at radius 2 is 1.59 bits per heavy atom. The largest absolute Gasteiger partial charge is 0.390 e. The lowest BCUT2D eigenvalue weighted by Gasteiger charge is -2.07. The molecule has 1 amide bonds. The first-order valence-corrected chi connectivity index (χ1v) is 6.50. The molecule has 4 nitrogen and oxygen atoms in total. The summed E-state index contributed by atoms with van der Waals surface area (Å²) in [6.45, 7) is 0.474. The van der Waals surface area contributed by atoms with Gasteiger partial charge in [0.25, 0.3) is 5.91 Å². The van der Waals surface area contributed by atoms with Crippen molar-refractivity contribution in [1.82, 2.24) is 5.32 Å². The predicted molar refractivity (Wildman–Crippen MR) is 71.0 cm³/mol. The molecule has 0 aliphatic heterocycles. The zero-order valence-corrected chi connectivity index (χ0v) is 12.1. The van der Waals surface area contributed by atoms with Gasteiger partial charge in [0.2, 0.25) is 5.82 Å². The van der Waals surface area contributed by atoms with Gasteiger partial charge in [-0.05, 0) is 6.92 Å². The van der Waals surface area contributed by atoms with Gasteiger partial charge in [-0.2, -0.15) is 12.6 Å². The number of hydrogen-bond donors (Lipinski definition) is 2. The van der Waals surface area contributed by atoms with Gasteiger partial charge in [0.15, 0.2) is 23.3 Å². The van der Waals surface area contributed by atoms with Crippen molar-refractivity contribution in [2.75, 3.05) is 12.3 Å². The number of halogens is 5. The number of rotatable bonds is 6. The molecule has 0 atom stereocenters. The number of amides is 1. The highest BCUT2D eigenvalue weighted by Gasteiger charge is 2.25. The normalized spacial score (nSPS) is 11.5. The zero-order chi connectivity index (χ0) is 16.9. The molecule has 1 aromatic rings. The van der Waals surface area contributed by atoms with E-state index in [0.717, 1.165) is 0 Å². The topological polar surface area (TPSA) is 50.7 Å². The van der Waals surface area contributed by atoms with Crippen LogP contribution in [0.15, 0.2) is 5.16 Å². The van der Waals surface area contributed by atoms with Crippen LogP contribution in [0.4, 0.5) is 22.0 Å². The van der Waals surface area contributed by atoms with Crippen LogP contribution in [0.25, 0.3) is 0 Å². The highest BCUT2D eigenvalue weighted by Crippen LogP contribution is 2.23. The van der Waals surface area contributed by atoms with Gasteiger partial charge in [0.05, 0.1) is 5.56 Å². The fourth-order valence-corrected chi connectivity index (χ4v) is 1.42. The number of thiol groups is 1. The predicted octanol–water partition coefficient (Wildman–Crippen LogP) is 2.32. The molecule has 0 saturated heterocycles. The molecule has 0 aliphatic rings. The third-order valence-electron chi connectivity index (χ3n) is 2.44. The van der Waals surface area contributed by atoms with Crippen molar-refractivity contribution in [3.63, 3.8) is 0 Å². The first-order valence-electron chi connectivity index (χ1n) is 5.87. The fourth-order valence-electron chi connectivity index (χ4n) is 1.31. The number of benzene rings is 1. The molecule has 122 valence electrons. The third kappa shape index (κ3) is 4.09. The molecule has 0 heterocycles. The Hall–Kier alpha value is -1.84. The van der Waals surface area contributed by atoms with E-state index in [2.05, 4.69) is 27.9 Å². The van der Waals surface area contributed by atoms with E-state index < -0.39 is 47.2 Å². The Kier molecular flexibility index (Phi) is 6.60. The monoisotopic (exact) mass is 342 g/mol. The minimum absolute atomic E-state index is 0.189. The highest BCUT2D eigenvalue weighted by atomic mass is 32.1. The van der Waals surface area contributed by atoms with Crippen molar-refractivity contribution in [2.45, 2.75) is 13.5 Å². The van der Waals surface area contributed by atoms with E-state index in [1.807, 2.05) is 0 Å². The number of carbonyl (C=O) groups excluding carboxylic acids is 1. The van der Waals surface area contributed by atoms with Crippen LogP contribution < -0.4 is 5.32 Å². The van der Waals surface area contributed by atoms with Crippen molar-refractivity contribution in [3.8, 4) is 0 Å². The Morgan fingerprint density at radius 1 is 1.09 bits per heavy atom. The average molecular weight is 342 g/mol. The second kappa shape index (κ2) is 7.97. The molecule has 0 aliphatic carbocycles. The lowest BCUT2D eigenvalue weighted by atomic mass is 10.2. The molecular formula is C12H11F5N2O2S. The zero-order valence-electron chi connectivity index (χ0n) is 11.2. The quantitative estimate of drug-likeness (QED) is 0.208. The van der Waals surface area contributed by atoms with Gasteiger partial charge in [0, 0.05) is 12.3 Å². The SMILES string of the molecule is C/C(=N/OCc1c(F)c(F)c(F)c(F)c1F)C(=O)NCCS. The van der Waals surface area contributed by atoms with Gasteiger partial charge < -0.3 is 10.2 Å². The summed E-state index contributed by atoms with van der Waals surface area (Å²) in [5.41, 5.74) is -1.37. The molecule has 0 saturated carbocycles. The Labute approximate surface area is 127 Å². The van der Waals surface area contributed by atoms with Crippen LogP contribution >= 0.6 is 12.6 Å². The molecule has 1 aromatic carbocycles.